The fourth-order valence-corrected chi connectivity index (χ4v) is 7.14. The molecule has 0 unspecified atom stereocenters. The predicted molar refractivity (Wildman–Crippen MR) is 104 cm³/mol. The Balaban J connectivity index is 1.45. The first-order chi connectivity index (χ1) is 13.1. The van der Waals surface area contributed by atoms with Gasteiger partial charge in [-0.15, -0.1) is 0 Å². The fourth-order valence-electron chi connectivity index (χ4n) is 4.02. The number of amides is 1. The van der Waals surface area contributed by atoms with Crippen LogP contribution in [-0.4, -0.2) is 68.9 Å². The molecule has 0 radical (unpaired) electrons. The Morgan fingerprint density at radius 2 is 1.86 bits per heavy atom. The molecule has 2 atom stereocenters. The van der Waals surface area contributed by atoms with Crippen LogP contribution in [0, 0.1) is 6.92 Å². The normalized spacial score (nSPS) is 28.2. The van der Waals surface area contributed by atoms with E-state index in [1.54, 1.807) is 17.0 Å². The van der Waals surface area contributed by atoms with E-state index in [4.69, 9.17) is 0 Å². The van der Waals surface area contributed by atoms with E-state index >= 15 is 0 Å². The number of rotatable bonds is 5. The number of hydrogen-bond donors (Lipinski definition) is 1. The first-order valence-corrected chi connectivity index (χ1v) is 12.8. The van der Waals surface area contributed by atoms with E-state index in [1.165, 1.54) is 0 Å². The number of benzene rings is 1. The Morgan fingerprint density at radius 3 is 2.50 bits per heavy atom. The SMILES string of the molecule is Cc1ccc(CS(=O)(=O)N[C@H]2C[C@H]3C(=O)N(C4CC4)S(=O)(=O)CCN3C2)cc1. The second-order valence-electron chi connectivity index (χ2n) is 7.99. The van der Waals surface area contributed by atoms with Crippen molar-refractivity contribution in [3.63, 3.8) is 0 Å². The lowest BCUT2D eigenvalue weighted by Crippen LogP contribution is -2.45. The molecule has 4 rings (SSSR count). The smallest absolute Gasteiger partial charge is 0.253 e. The molecule has 28 heavy (non-hydrogen) atoms. The van der Waals surface area contributed by atoms with Crippen LogP contribution in [0.5, 0.6) is 0 Å². The average molecular weight is 428 g/mol. The van der Waals surface area contributed by atoms with Crippen molar-refractivity contribution in [3.05, 3.63) is 35.4 Å². The molecule has 1 aromatic carbocycles. The van der Waals surface area contributed by atoms with Crippen LogP contribution in [0.15, 0.2) is 24.3 Å². The Kier molecular flexibility index (Phi) is 5.01. The van der Waals surface area contributed by atoms with E-state index in [9.17, 15) is 21.6 Å². The molecule has 1 aliphatic carbocycles. The number of nitrogens with one attached hydrogen (secondary N) is 1. The Labute approximate surface area is 166 Å². The number of carbonyl (C=O) groups is 1. The number of aryl methyl sites for hydroxylation is 1. The third kappa shape index (κ3) is 4.10. The molecule has 154 valence electrons. The van der Waals surface area contributed by atoms with Crippen LogP contribution in [0.2, 0.25) is 0 Å². The van der Waals surface area contributed by atoms with Gasteiger partial charge >= 0.3 is 0 Å². The van der Waals surface area contributed by atoms with Crippen LogP contribution in [-0.2, 0) is 30.6 Å². The molecule has 0 spiro atoms. The summed E-state index contributed by atoms with van der Waals surface area (Å²) in [7, 11) is -7.14. The minimum atomic E-state index is -3.58. The third-order valence-corrected chi connectivity index (χ3v) is 8.73. The van der Waals surface area contributed by atoms with Gasteiger partial charge in [0.2, 0.25) is 20.0 Å². The molecule has 2 heterocycles. The van der Waals surface area contributed by atoms with Crippen LogP contribution in [0.1, 0.15) is 30.4 Å². The van der Waals surface area contributed by atoms with Gasteiger partial charge in [0, 0.05) is 25.2 Å². The molecule has 2 saturated heterocycles. The van der Waals surface area contributed by atoms with Gasteiger partial charge in [0.25, 0.3) is 5.91 Å². The van der Waals surface area contributed by atoms with Crippen molar-refractivity contribution >= 4 is 26.0 Å². The maximum atomic E-state index is 12.9. The van der Waals surface area contributed by atoms with Crippen LogP contribution in [0.25, 0.3) is 0 Å². The highest BCUT2D eigenvalue weighted by Gasteiger charge is 2.50. The molecule has 2 aliphatic heterocycles. The Hall–Kier alpha value is -1.49. The van der Waals surface area contributed by atoms with Crippen molar-refractivity contribution in [2.45, 2.75) is 50.1 Å². The van der Waals surface area contributed by atoms with E-state index in [0.29, 0.717) is 31.4 Å². The summed E-state index contributed by atoms with van der Waals surface area (Å²) in [6.07, 6.45) is 1.72. The largest absolute Gasteiger partial charge is 0.289 e. The van der Waals surface area contributed by atoms with Crippen LogP contribution >= 0.6 is 0 Å². The third-order valence-electron chi connectivity index (χ3n) is 5.54. The lowest BCUT2D eigenvalue weighted by molar-refractivity contribution is -0.130. The van der Waals surface area contributed by atoms with Crippen LogP contribution in [0.3, 0.4) is 0 Å². The maximum absolute atomic E-state index is 12.9. The van der Waals surface area contributed by atoms with E-state index in [1.807, 2.05) is 19.1 Å². The van der Waals surface area contributed by atoms with E-state index < -0.39 is 38.0 Å². The van der Waals surface area contributed by atoms with E-state index in [0.717, 1.165) is 9.87 Å². The summed E-state index contributed by atoms with van der Waals surface area (Å²) in [6, 6.07) is 6.13. The maximum Gasteiger partial charge on any atom is 0.253 e. The second-order valence-corrected chi connectivity index (χ2v) is 11.7. The van der Waals surface area contributed by atoms with E-state index in [2.05, 4.69) is 4.72 Å². The standard InChI is InChI=1S/C18H25N3O5S2/c1-13-2-4-14(5-3-13)12-27(23,24)19-15-10-17-18(22)21(16-6-7-16)28(25,26)9-8-20(17)11-15/h2-5,15-17,19H,6-12H2,1H3/t15-,17-/m0/s1. The fraction of sp³-hybridized carbons (Fsp3) is 0.611. The molecule has 3 fully saturated rings. The number of sulfonamides is 2. The monoisotopic (exact) mass is 427 g/mol. The van der Waals surface area contributed by atoms with Gasteiger partial charge in [-0.2, -0.15) is 0 Å². The average Bonchev–Trinajstić information content (AvgIpc) is 3.35. The quantitative estimate of drug-likeness (QED) is 0.720. The molecule has 10 heteroatoms. The second kappa shape index (κ2) is 7.08. The first kappa shape index (κ1) is 19.8. The van der Waals surface area contributed by atoms with Crippen molar-refractivity contribution in [1.29, 1.82) is 0 Å². The summed E-state index contributed by atoms with van der Waals surface area (Å²) in [5, 5.41) is 0. The highest BCUT2D eigenvalue weighted by Crippen LogP contribution is 2.34. The lowest BCUT2D eigenvalue weighted by Gasteiger charge is -2.23. The molecule has 8 nitrogen and oxygen atoms in total. The predicted octanol–water partition coefficient (Wildman–Crippen LogP) is 0.192. The van der Waals surface area contributed by atoms with Gasteiger partial charge in [-0.05, 0) is 31.7 Å². The molecular weight excluding hydrogens is 402 g/mol. The molecular formula is C18H25N3O5S2. The van der Waals surface area contributed by atoms with Crippen molar-refractivity contribution in [2.24, 2.45) is 0 Å². The van der Waals surface area contributed by atoms with Gasteiger partial charge in [-0.25, -0.2) is 25.9 Å². The molecule has 1 amide bonds. The summed E-state index contributed by atoms with van der Waals surface area (Å²) in [5.41, 5.74) is 1.76. The van der Waals surface area contributed by atoms with Crippen LogP contribution in [0.4, 0.5) is 0 Å². The van der Waals surface area contributed by atoms with Gasteiger partial charge in [-0.3, -0.25) is 9.69 Å². The minimum absolute atomic E-state index is 0.103. The summed E-state index contributed by atoms with van der Waals surface area (Å²) in [4.78, 5) is 14.7. The van der Waals surface area contributed by atoms with Gasteiger partial charge in [0.05, 0.1) is 17.5 Å². The van der Waals surface area contributed by atoms with Crippen molar-refractivity contribution < 1.29 is 21.6 Å². The zero-order valence-corrected chi connectivity index (χ0v) is 17.4. The highest BCUT2D eigenvalue weighted by molar-refractivity contribution is 7.89. The number of carbonyl (C=O) groups excluding carboxylic acids is 1. The number of hydrogen-bond acceptors (Lipinski definition) is 6. The zero-order chi connectivity index (χ0) is 20.1. The highest BCUT2D eigenvalue weighted by atomic mass is 32.2. The molecule has 1 saturated carbocycles. The lowest BCUT2D eigenvalue weighted by atomic mass is 10.1. The molecule has 1 N–H and O–H groups in total. The van der Waals surface area contributed by atoms with Crippen molar-refractivity contribution in [1.82, 2.24) is 13.9 Å². The molecule has 3 aliphatic rings. The van der Waals surface area contributed by atoms with Gasteiger partial charge < -0.3 is 0 Å². The first-order valence-electron chi connectivity index (χ1n) is 9.50. The number of fused-ring (bicyclic) bond motifs is 1. The molecule has 0 bridgehead atoms. The van der Waals surface area contributed by atoms with Crippen LogP contribution < -0.4 is 4.72 Å². The summed E-state index contributed by atoms with van der Waals surface area (Å²) >= 11 is 0. The number of nitrogens with zero attached hydrogens (tertiary/aromatic N) is 2. The summed E-state index contributed by atoms with van der Waals surface area (Å²) in [5.74, 6) is -0.625. The molecule has 0 aromatic heterocycles. The van der Waals surface area contributed by atoms with Gasteiger partial charge in [0.15, 0.2) is 0 Å². The Morgan fingerprint density at radius 1 is 1.18 bits per heavy atom. The van der Waals surface area contributed by atoms with Gasteiger partial charge in [-0.1, -0.05) is 29.8 Å². The van der Waals surface area contributed by atoms with Gasteiger partial charge in [0.1, 0.15) is 0 Å². The zero-order valence-electron chi connectivity index (χ0n) is 15.7. The Bertz CT molecular complexity index is 971. The minimum Gasteiger partial charge on any atom is -0.289 e. The van der Waals surface area contributed by atoms with E-state index in [-0.39, 0.29) is 24.1 Å². The summed E-state index contributed by atoms with van der Waals surface area (Å²) < 4.78 is 53.8. The topological polar surface area (TPSA) is 104 Å². The van der Waals surface area contributed by atoms with Crippen molar-refractivity contribution in [3.8, 4) is 0 Å². The van der Waals surface area contributed by atoms with Crippen molar-refractivity contribution in [2.75, 3.05) is 18.8 Å². The summed E-state index contributed by atoms with van der Waals surface area (Å²) in [6.45, 7) is 2.53. The molecule has 1 aromatic rings.